The topological polar surface area (TPSA) is 80.3 Å². The number of urea groups is 1. The van der Waals surface area contributed by atoms with E-state index in [4.69, 9.17) is 14.2 Å². The number of fused-ring (bicyclic) bond motifs is 1. The fourth-order valence-electron chi connectivity index (χ4n) is 3.07. The van der Waals surface area contributed by atoms with Crippen molar-refractivity contribution in [2.24, 2.45) is 5.92 Å². The van der Waals surface area contributed by atoms with Crippen LogP contribution in [0.1, 0.15) is 12.8 Å². The van der Waals surface area contributed by atoms with Gasteiger partial charge in [-0.3, -0.25) is 4.79 Å². The number of rotatable bonds is 5. The van der Waals surface area contributed by atoms with Crippen LogP contribution < -0.4 is 19.5 Å². The van der Waals surface area contributed by atoms with E-state index in [1.165, 1.54) is 0 Å². The number of carbonyl (C=O) groups is 2. The van der Waals surface area contributed by atoms with Gasteiger partial charge in [0.15, 0.2) is 11.5 Å². The highest BCUT2D eigenvalue weighted by Gasteiger charge is 2.27. The van der Waals surface area contributed by atoms with E-state index in [0.29, 0.717) is 56.3 Å². The third-order valence-electron chi connectivity index (χ3n) is 4.53. The molecule has 0 unspecified atom stereocenters. The third-order valence-corrected chi connectivity index (χ3v) is 4.53. The van der Waals surface area contributed by atoms with Gasteiger partial charge in [0.25, 0.3) is 0 Å². The maximum absolute atomic E-state index is 12.3. The lowest BCUT2D eigenvalue weighted by molar-refractivity contribution is -0.126. The van der Waals surface area contributed by atoms with Crippen LogP contribution in [0.5, 0.6) is 17.2 Å². The predicted molar refractivity (Wildman–Crippen MR) is 94.4 cm³/mol. The molecule has 0 bridgehead atoms. The molecule has 0 saturated carbocycles. The largest absolute Gasteiger partial charge is 0.492 e. The minimum Gasteiger partial charge on any atom is -0.492 e. The van der Waals surface area contributed by atoms with Gasteiger partial charge in [-0.1, -0.05) is 0 Å². The molecule has 1 fully saturated rings. The van der Waals surface area contributed by atoms with Gasteiger partial charge in [-0.2, -0.15) is 0 Å². The van der Waals surface area contributed by atoms with Crippen molar-refractivity contribution < 1.29 is 23.8 Å². The molecular weight excluding hydrogens is 338 g/mol. The Morgan fingerprint density at radius 1 is 1.23 bits per heavy atom. The first-order valence-electron chi connectivity index (χ1n) is 8.81. The number of likely N-dealkylation sites (tertiary alicyclic amines) is 1. The number of hydrogen-bond donors (Lipinski definition) is 1. The van der Waals surface area contributed by atoms with E-state index in [2.05, 4.69) is 5.32 Å². The first-order chi connectivity index (χ1) is 12.5. The minimum atomic E-state index is -0.0493. The number of nitrogens with zero attached hydrogens (tertiary/aromatic N) is 2. The SMILES string of the molecule is CN(C)C(=O)N1CCC(C(=O)NCCOc2ccc3c(c2)OCO3)CC1. The van der Waals surface area contributed by atoms with Crippen molar-refractivity contribution in [1.82, 2.24) is 15.1 Å². The molecule has 2 aliphatic heterocycles. The summed E-state index contributed by atoms with van der Waals surface area (Å²) in [5.74, 6) is 2.04. The smallest absolute Gasteiger partial charge is 0.319 e. The molecule has 1 aromatic carbocycles. The van der Waals surface area contributed by atoms with Crippen LogP contribution in [-0.4, -0.2) is 68.9 Å². The fraction of sp³-hybridized carbons (Fsp3) is 0.556. The van der Waals surface area contributed by atoms with E-state index in [9.17, 15) is 9.59 Å². The molecule has 0 radical (unpaired) electrons. The molecule has 142 valence electrons. The highest BCUT2D eigenvalue weighted by molar-refractivity contribution is 5.79. The van der Waals surface area contributed by atoms with Gasteiger partial charge in [-0.15, -0.1) is 0 Å². The van der Waals surface area contributed by atoms with Gasteiger partial charge in [0.1, 0.15) is 12.4 Å². The zero-order valence-corrected chi connectivity index (χ0v) is 15.2. The lowest BCUT2D eigenvalue weighted by Gasteiger charge is -2.33. The summed E-state index contributed by atoms with van der Waals surface area (Å²) in [4.78, 5) is 27.5. The van der Waals surface area contributed by atoms with Crippen LogP contribution in [-0.2, 0) is 4.79 Å². The molecule has 8 nitrogen and oxygen atoms in total. The summed E-state index contributed by atoms with van der Waals surface area (Å²) < 4.78 is 16.2. The Morgan fingerprint density at radius 3 is 2.69 bits per heavy atom. The fourth-order valence-corrected chi connectivity index (χ4v) is 3.07. The average Bonchev–Trinajstić information content (AvgIpc) is 3.12. The van der Waals surface area contributed by atoms with Crippen LogP contribution in [0, 0.1) is 5.92 Å². The van der Waals surface area contributed by atoms with Crippen molar-refractivity contribution in [3.63, 3.8) is 0 Å². The molecule has 2 heterocycles. The Labute approximate surface area is 153 Å². The number of hydrogen-bond acceptors (Lipinski definition) is 5. The number of carbonyl (C=O) groups excluding carboxylic acids is 2. The first-order valence-corrected chi connectivity index (χ1v) is 8.81. The van der Waals surface area contributed by atoms with Crippen molar-refractivity contribution in [1.29, 1.82) is 0 Å². The molecule has 3 rings (SSSR count). The Bertz CT molecular complexity index is 656. The molecule has 8 heteroatoms. The zero-order chi connectivity index (χ0) is 18.5. The van der Waals surface area contributed by atoms with E-state index in [0.717, 1.165) is 0 Å². The van der Waals surface area contributed by atoms with Crippen molar-refractivity contribution in [2.45, 2.75) is 12.8 Å². The van der Waals surface area contributed by atoms with Crippen molar-refractivity contribution >= 4 is 11.9 Å². The summed E-state index contributed by atoms with van der Waals surface area (Å²) in [7, 11) is 3.47. The lowest BCUT2D eigenvalue weighted by Crippen LogP contribution is -2.46. The Morgan fingerprint density at radius 2 is 1.96 bits per heavy atom. The molecule has 1 aromatic rings. The second kappa shape index (κ2) is 8.16. The Balaban J connectivity index is 1.35. The van der Waals surface area contributed by atoms with Crippen LogP contribution in [0.25, 0.3) is 0 Å². The summed E-state index contributed by atoms with van der Waals surface area (Å²) >= 11 is 0. The van der Waals surface area contributed by atoms with Gasteiger partial charge >= 0.3 is 6.03 Å². The number of piperidine rings is 1. The van der Waals surface area contributed by atoms with Crippen molar-refractivity contribution in [3.05, 3.63) is 18.2 Å². The van der Waals surface area contributed by atoms with Crippen LogP contribution in [0.3, 0.4) is 0 Å². The third kappa shape index (κ3) is 4.30. The molecule has 1 N–H and O–H groups in total. The van der Waals surface area contributed by atoms with Gasteiger partial charge in [0.05, 0.1) is 6.54 Å². The minimum absolute atomic E-state index is 0.000911. The van der Waals surface area contributed by atoms with Crippen LogP contribution in [0.2, 0.25) is 0 Å². The van der Waals surface area contributed by atoms with Crippen molar-refractivity contribution in [3.8, 4) is 17.2 Å². The van der Waals surface area contributed by atoms with Crippen LogP contribution in [0.15, 0.2) is 18.2 Å². The van der Waals surface area contributed by atoms with Gasteiger partial charge in [-0.25, -0.2) is 4.79 Å². The number of ether oxygens (including phenoxy) is 3. The van der Waals surface area contributed by atoms with E-state index in [-0.39, 0.29) is 24.6 Å². The molecule has 26 heavy (non-hydrogen) atoms. The summed E-state index contributed by atoms with van der Waals surface area (Å²) in [5, 5.41) is 2.91. The second-order valence-corrected chi connectivity index (χ2v) is 6.59. The van der Waals surface area contributed by atoms with Crippen LogP contribution in [0.4, 0.5) is 4.79 Å². The highest BCUT2D eigenvalue weighted by Crippen LogP contribution is 2.34. The summed E-state index contributed by atoms with van der Waals surface area (Å²) in [6.07, 6.45) is 1.38. The molecular formula is C18H25N3O5. The molecule has 1 saturated heterocycles. The molecule has 0 atom stereocenters. The quantitative estimate of drug-likeness (QED) is 0.798. The van der Waals surface area contributed by atoms with Gasteiger partial charge < -0.3 is 29.3 Å². The Kier molecular flexibility index (Phi) is 5.70. The molecule has 0 aliphatic carbocycles. The summed E-state index contributed by atoms with van der Waals surface area (Å²) in [6.45, 7) is 2.27. The molecule has 0 spiro atoms. The average molecular weight is 363 g/mol. The van der Waals surface area contributed by atoms with Gasteiger partial charge in [0.2, 0.25) is 12.7 Å². The maximum atomic E-state index is 12.3. The van der Waals surface area contributed by atoms with E-state index in [1.54, 1.807) is 36.0 Å². The standard InChI is InChI=1S/C18H25N3O5/c1-20(2)18(23)21-8-5-13(6-9-21)17(22)19-7-10-24-14-3-4-15-16(11-14)26-12-25-15/h3-4,11,13H,5-10,12H2,1-2H3,(H,19,22). The highest BCUT2D eigenvalue weighted by atomic mass is 16.7. The molecule has 3 amide bonds. The predicted octanol–water partition coefficient (Wildman–Crippen LogP) is 1.30. The van der Waals surface area contributed by atoms with Crippen molar-refractivity contribution in [2.75, 3.05) is 47.1 Å². The lowest BCUT2D eigenvalue weighted by atomic mass is 9.96. The Hall–Kier alpha value is -2.64. The second-order valence-electron chi connectivity index (χ2n) is 6.59. The normalized spacial score (nSPS) is 16.3. The summed E-state index contributed by atoms with van der Waals surface area (Å²) in [5.41, 5.74) is 0. The first kappa shape index (κ1) is 18.2. The number of nitrogens with one attached hydrogen (secondary N) is 1. The van der Waals surface area contributed by atoms with Gasteiger partial charge in [-0.05, 0) is 25.0 Å². The van der Waals surface area contributed by atoms with E-state index < -0.39 is 0 Å². The molecule has 0 aromatic heterocycles. The maximum Gasteiger partial charge on any atom is 0.319 e. The summed E-state index contributed by atoms with van der Waals surface area (Å²) in [6, 6.07) is 5.40. The van der Waals surface area contributed by atoms with Gasteiger partial charge in [0, 0.05) is 39.2 Å². The van der Waals surface area contributed by atoms with E-state index in [1.807, 2.05) is 6.07 Å². The van der Waals surface area contributed by atoms with Crippen LogP contribution >= 0.6 is 0 Å². The zero-order valence-electron chi connectivity index (χ0n) is 15.2. The monoisotopic (exact) mass is 363 g/mol. The molecule has 2 aliphatic rings. The number of amides is 3. The van der Waals surface area contributed by atoms with E-state index >= 15 is 0 Å². The number of benzene rings is 1.